The third kappa shape index (κ3) is 4.33. The van der Waals surface area contributed by atoms with Crippen LogP contribution in [0.5, 0.6) is 11.5 Å². The van der Waals surface area contributed by atoms with E-state index >= 15 is 0 Å². The number of ketones is 1. The third-order valence-corrected chi connectivity index (χ3v) is 6.84. The molecule has 9 heteroatoms. The van der Waals surface area contributed by atoms with E-state index in [1.165, 1.54) is 42.3 Å². The highest BCUT2D eigenvalue weighted by Crippen LogP contribution is 2.45. The van der Waals surface area contributed by atoms with Crippen LogP contribution in [0.15, 0.2) is 54.1 Å². The number of Topliss-reactive ketones (excluding diaryl/α,β-unsaturated/α-hetero) is 1. The Hall–Kier alpha value is -3.19. The molecular weight excluding hydrogens is 513 g/mol. The Morgan fingerprint density at radius 2 is 1.57 bits per heavy atom. The molecular formula is C26H20Cl3NO5. The van der Waals surface area contributed by atoms with Crippen molar-refractivity contribution in [2.75, 3.05) is 12.0 Å². The molecule has 0 bridgehead atoms. The summed E-state index contributed by atoms with van der Waals surface area (Å²) in [6.45, 7) is 3.82. The van der Waals surface area contributed by atoms with E-state index in [0.717, 1.165) is 11.1 Å². The number of phenols is 1. The molecule has 0 saturated carbocycles. The summed E-state index contributed by atoms with van der Waals surface area (Å²) in [4.78, 5) is 27.9. The minimum absolute atomic E-state index is 0.0312. The van der Waals surface area contributed by atoms with E-state index in [4.69, 9.17) is 39.5 Å². The van der Waals surface area contributed by atoms with Crippen LogP contribution in [0.1, 0.15) is 28.3 Å². The Balaban J connectivity index is 1.99. The summed E-state index contributed by atoms with van der Waals surface area (Å²) in [5.41, 5.74) is 2.77. The minimum Gasteiger partial charge on any atom is -0.507 e. The van der Waals surface area contributed by atoms with Crippen molar-refractivity contribution in [2.24, 2.45) is 0 Å². The largest absolute Gasteiger partial charge is 0.507 e. The Morgan fingerprint density at radius 3 is 2.14 bits per heavy atom. The normalized spacial score (nSPS) is 17.2. The van der Waals surface area contributed by atoms with Crippen molar-refractivity contribution in [3.63, 3.8) is 0 Å². The average molecular weight is 533 g/mol. The molecule has 2 N–H and O–H groups in total. The van der Waals surface area contributed by atoms with Gasteiger partial charge < -0.3 is 14.9 Å². The summed E-state index contributed by atoms with van der Waals surface area (Å²) < 4.78 is 5.16. The molecule has 180 valence electrons. The standard InChI is InChI=1S/C26H20Cl3NO5/c1-12-4-6-16(8-13(12)2)30-22(14-5-7-20(31)17(27)9-14)21(24(33)26(30)34)23(32)15-10-18(28)25(35-3)19(29)11-15/h4-11,22,31-32H,1-3H3/b23-21+. The first-order chi connectivity index (χ1) is 16.5. The van der Waals surface area contributed by atoms with Gasteiger partial charge in [0.05, 0.1) is 33.8 Å². The fourth-order valence-electron chi connectivity index (χ4n) is 4.03. The Kier molecular flexibility index (Phi) is 6.73. The van der Waals surface area contributed by atoms with Gasteiger partial charge in [-0.1, -0.05) is 46.9 Å². The Morgan fingerprint density at radius 1 is 0.914 bits per heavy atom. The number of hydrogen-bond acceptors (Lipinski definition) is 5. The fourth-order valence-corrected chi connectivity index (χ4v) is 4.86. The maximum atomic E-state index is 13.3. The minimum atomic E-state index is -1.03. The van der Waals surface area contributed by atoms with Crippen molar-refractivity contribution in [1.29, 1.82) is 0 Å². The molecule has 1 atom stereocenters. The number of hydrogen-bond donors (Lipinski definition) is 2. The number of benzene rings is 3. The van der Waals surface area contributed by atoms with Crippen LogP contribution in [0, 0.1) is 13.8 Å². The number of nitrogens with zero attached hydrogens (tertiary/aromatic N) is 1. The lowest BCUT2D eigenvalue weighted by Gasteiger charge is -2.26. The zero-order chi connectivity index (χ0) is 25.6. The predicted molar refractivity (Wildman–Crippen MR) is 137 cm³/mol. The molecule has 0 aromatic heterocycles. The zero-order valence-electron chi connectivity index (χ0n) is 18.9. The molecule has 1 aliphatic rings. The number of phenolic OH excluding ortho intramolecular Hbond substituents is 1. The molecule has 35 heavy (non-hydrogen) atoms. The summed E-state index contributed by atoms with van der Waals surface area (Å²) in [6, 6.07) is 11.5. The molecule has 1 heterocycles. The van der Waals surface area contributed by atoms with E-state index in [1.807, 2.05) is 19.9 Å². The van der Waals surface area contributed by atoms with Gasteiger partial charge in [-0.25, -0.2) is 0 Å². The van der Waals surface area contributed by atoms with Crippen LogP contribution in [0.25, 0.3) is 5.76 Å². The van der Waals surface area contributed by atoms with Gasteiger partial charge in [0.1, 0.15) is 11.5 Å². The Labute approximate surface area is 216 Å². The van der Waals surface area contributed by atoms with Crippen LogP contribution >= 0.6 is 34.8 Å². The monoisotopic (exact) mass is 531 g/mol. The molecule has 1 aliphatic heterocycles. The van der Waals surface area contributed by atoms with E-state index < -0.39 is 23.5 Å². The average Bonchev–Trinajstić information content (AvgIpc) is 3.07. The van der Waals surface area contributed by atoms with Crippen LogP contribution in [-0.4, -0.2) is 29.0 Å². The summed E-state index contributed by atoms with van der Waals surface area (Å²) in [6.07, 6.45) is 0. The highest BCUT2D eigenvalue weighted by atomic mass is 35.5. The smallest absolute Gasteiger partial charge is 0.300 e. The first-order valence-electron chi connectivity index (χ1n) is 10.4. The number of aliphatic hydroxyl groups excluding tert-OH is 1. The van der Waals surface area contributed by atoms with Crippen molar-refractivity contribution in [2.45, 2.75) is 19.9 Å². The molecule has 1 fully saturated rings. The topological polar surface area (TPSA) is 87.1 Å². The molecule has 3 aromatic carbocycles. The number of methoxy groups -OCH3 is 1. The molecule has 1 unspecified atom stereocenters. The SMILES string of the molecule is COc1c(Cl)cc(/C(O)=C2\C(=O)C(=O)N(c3ccc(C)c(C)c3)C2c2ccc(O)c(Cl)c2)cc1Cl. The maximum absolute atomic E-state index is 13.3. The lowest BCUT2D eigenvalue weighted by molar-refractivity contribution is -0.132. The number of ether oxygens (including phenoxy) is 1. The maximum Gasteiger partial charge on any atom is 0.300 e. The molecule has 0 radical (unpaired) electrons. The first-order valence-corrected chi connectivity index (χ1v) is 11.6. The van der Waals surface area contributed by atoms with Gasteiger partial charge in [0.15, 0.2) is 5.75 Å². The first kappa shape index (κ1) is 24.9. The van der Waals surface area contributed by atoms with Crippen LogP contribution in [0.3, 0.4) is 0 Å². The number of carbonyl (C=O) groups excluding carboxylic acids is 2. The van der Waals surface area contributed by atoms with Crippen LogP contribution in [0.4, 0.5) is 5.69 Å². The van der Waals surface area contributed by atoms with E-state index in [9.17, 15) is 19.8 Å². The second-order valence-corrected chi connectivity index (χ2v) is 9.34. The molecule has 0 spiro atoms. The van der Waals surface area contributed by atoms with Gasteiger partial charge in [-0.05, 0) is 66.9 Å². The molecule has 6 nitrogen and oxygen atoms in total. The second kappa shape index (κ2) is 9.46. The molecule has 0 aliphatic carbocycles. The second-order valence-electron chi connectivity index (χ2n) is 8.12. The highest BCUT2D eigenvalue weighted by Gasteiger charge is 2.47. The van der Waals surface area contributed by atoms with Gasteiger partial charge in [-0.3, -0.25) is 14.5 Å². The van der Waals surface area contributed by atoms with Gasteiger partial charge in [-0.15, -0.1) is 0 Å². The van der Waals surface area contributed by atoms with Gasteiger partial charge in [0.2, 0.25) is 0 Å². The molecule has 1 amide bonds. The van der Waals surface area contributed by atoms with Crippen molar-refractivity contribution in [1.82, 2.24) is 0 Å². The third-order valence-electron chi connectivity index (χ3n) is 5.98. The van der Waals surface area contributed by atoms with Crippen LogP contribution in [0.2, 0.25) is 15.1 Å². The van der Waals surface area contributed by atoms with Gasteiger partial charge in [0.25, 0.3) is 11.7 Å². The van der Waals surface area contributed by atoms with E-state index in [-0.39, 0.29) is 37.7 Å². The van der Waals surface area contributed by atoms with Crippen LogP contribution in [-0.2, 0) is 9.59 Å². The number of aliphatic hydroxyl groups is 1. The van der Waals surface area contributed by atoms with Crippen molar-refractivity contribution in [3.8, 4) is 11.5 Å². The number of rotatable bonds is 4. The number of halogens is 3. The Bertz CT molecular complexity index is 1390. The fraction of sp³-hybridized carbons (Fsp3) is 0.154. The molecule has 4 rings (SSSR count). The zero-order valence-corrected chi connectivity index (χ0v) is 21.2. The summed E-state index contributed by atoms with van der Waals surface area (Å²) in [5.74, 6) is -2.13. The van der Waals surface area contributed by atoms with E-state index in [1.54, 1.807) is 12.1 Å². The van der Waals surface area contributed by atoms with Gasteiger partial charge in [-0.2, -0.15) is 0 Å². The van der Waals surface area contributed by atoms with Gasteiger partial charge >= 0.3 is 0 Å². The number of aromatic hydroxyl groups is 1. The lowest BCUT2D eigenvalue weighted by Crippen LogP contribution is -2.29. The number of carbonyl (C=O) groups is 2. The van der Waals surface area contributed by atoms with E-state index in [0.29, 0.717) is 11.3 Å². The molecule has 1 saturated heterocycles. The quantitative estimate of drug-likeness (QED) is 0.224. The van der Waals surface area contributed by atoms with Crippen molar-refractivity contribution in [3.05, 3.63) is 91.4 Å². The predicted octanol–water partition coefficient (Wildman–Crippen LogP) is 6.60. The summed E-state index contributed by atoms with van der Waals surface area (Å²) in [5, 5.41) is 21.5. The lowest BCUT2D eigenvalue weighted by atomic mass is 9.94. The van der Waals surface area contributed by atoms with Gasteiger partial charge in [0, 0.05) is 11.3 Å². The summed E-state index contributed by atoms with van der Waals surface area (Å²) >= 11 is 18.7. The van der Waals surface area contributed by atoms with E-state index in [2.05, 4.69) is 0 Å². The number of amides is 1. The molecule has 3 aromatic rings. The summed E-state index contributed by atoms with van der Waals surface area (Å²) in [7, 11) is 1.40. The highest BCUT2D eigenvalue weighted by molar-refractivity contribution is 6.52. The van der Waals surface area contributed by atoms with Crippen LogP contribution < -0.4 is 9.64 Å². The van der Waals surface area contributed by atoms with Crippen molar-refractivity contribution >= 4 is 57.9 Å². The number of aryl methyl sites for hydroxylation is 2. The number of anilines is 1. The van der Waals surface area contributed by atoms with Crippen molar-refractivity contribution < 1.29 is 24.5 Å².